The lowest BCUT2D eigenvalue weighted by Gasteiger charge is -2.24. The van der Waals surface area contributed by atoms with E-state index in [-0.39, 0.29) is 0 Å². The average molecular weight is 213 g/mol. The molecule has 0 radical (unpaired) electrons. The molecule has 1 N–H and O–H groups in total. The first-order chi connectivity index (χ1) is 7.27. The predicted octanol–water partition coefficient (Wildman–Crippen LogP) is 2.97. The molecule has 1 fully saturated rings. The maximum absolute atomic E-state index is 5.66. The van der Waals surface area contributed by atoms with E-state index in [0.717, 1.165) is 12.5 Å². The third kappa shape index (κ3) is 4.52. The van der Waals surface area contributed by atoms with Crippen LogP contribution in [-0.4, -0.2) is 25.8 Å². The molecule has 90 valence electrons. The summed E-state index contributed by atoms with van der Waals surface area (Å²) < 4.78 is 5.66. The largest absolute Gasteiger partial charge is 0.378 e. The fourth-order valence-corrected chi connectivity index (χ4v) is 2.61. The Kier molecular flexibility index (Phi) is 6.26. The van der Waals surface area contributed by atoms with Crippen molar-refractivity contribution in [1.29, 1.82) is 0 Å². The highest BCUT2D eigenvalue weighted by Gasteiger charge is 2.19. The zero-order chi connectivity index (χ0) is 11.1. The van der Waals surface area contributed by atoms with Gasteiger partial charge in [0.15, 0.2) is 0 Å². The van der Waals surface area contributed by atoms with Gasteiger partial charge in [-0.25, -0.2) is 0 Å². The van der Waals surface area contributed by atoms with Gasteiger partial charge in [-0.15, -0.1) is 0 Å². The third-order valence-electron chi connectivity index (χ3n) is 3.63. The minimum Gasteiger partial charge on any atom is -0.378 e. The number of hydrogen-bond donors (Lipinski definition) is 1. The Morgan fingerprint density at radius 1 is 1.40 bits per heavy atom. The Labute approximate surface area is 94.8 Å². The molecule has 3 atom stereocenters. The molecule has 0 amide bonds. The van der Waals surface area contributed by atoms with Crippen molar-refractivity contribution >= 4 is 0 Å². The normalized spacial score (nSPS) is 25.4. The van der Waals surface area contributed by atoms with E-state index in [9.17, 15) is 0 Å². The summed E-state index contributed by atoms with van der Waals surface area (Å²) in [6, 6.07) is 0.675. The molecule has 1 saturated heterocycles. The number of ether oxygens (including phenoxy) is 1. The summed E-state index contributed by atoms with van der Waals surface area (Å²) in [6.07, 6.45) is 8.21. The Balaban J connectivity index is 2.19. The van der Waals surface area contributed by atoms with Crippen LogP contribution in [0, 0.1) is 5.92 Å². The van der Waals surface area contributed by atoms with Crippen molar-refractivity contribution in [3.05, 3.63) is 0 Å². The summed E-state index contributed by atoms with van der Waals surface area (Å²) in [6.45, 7) is 5.61. The summed E-state index contributed by atoms with van der Waals surface area (Å²) in [5.74, 6) is 0.793. The number of hydrogen-bond acceptors (Lipinski definition) is 2. The molecule has 0 aromatic heterocycles. The van der Waals surface area contributed by atoms with Gasteiger partial charge in [-0.2, -0.15) is 0 Å². The fraction of sp³-hybridized carbons (Fsp3) is 1.00. The summed E-state index contributed by atoms with van der Waals surface area (Å²) in [4.78, 5) is 0. The highest BCUT2D eigenvalue weighted by molar-refractivity contribution is 4.75. The standard InChI is InChI=1S/C13H27NO/c1-4-6-11(2)13(14-3)9-8-12-7-5-10-15-12/h11-14H,4-10H2,1-3H3. The second-order valence-electron chi connectivity index (χ2n) is 4.87. The van der Waals surface area contributed by atoms with E-state index in [1.54, 1.807) is 0 Å². The summed E-state index contributed by atoms with van der Waals surface area (Å²) in [7, 11) is 2.09. The van der Waals surface area contributed by atoms with Gasteiger partial charge in [0, 0.05) is 12.6 Å². The van der Waals surface area contributed by atoms with Crippen molar-refractivity contribution in [2.75, 3.05) is 13.7 Å². The number of nitrogens with one attached hydrogen (secondary N) is 1. The van der Waals surface area contributed by atoms with Gasteiger partial charge >= 0.3 is 0 Å². The molecule has 0 aliphatic carbocycles. The van der Waals surface area contributed by atoms with Crippen LogP contribution in [-0.2, 0) is 4.74 Å². The zero-order valence-electron chi connectivity index (χ0n) is 10.6. The maximum atomic E-state index is 5.66. The molecular weight excluding hydrogens is 186 g/mol. The molecule has 0 saturated carbocycles. The second-order valence-corrected chi connectivity index (χ2v) is 4.87. The molecule has 2 nitrogen and oxygen atoms in total. The molecule has 1 heterocycles. The van der Waals surface area contributed by atoms with Gasteiger partial charge in [-0.1, -0.05) is 20.3 Å². The summed E-state index contributed by atoms with van der Waals surface area (Å²) in [5, 5.41) is 3.46. The van der Waals surface area contributed by atoms with E-state index >= 15 is 0 Å². The molecule has 0 aromatic rings. The van der Waals surface area contributed by atoms with Crippen LogP contribution in [0.5, 0.6) is 0 Å². The van der Waals surface area contributed by atoms with E-state index in [1.165, 1.54) is 38.5 Å². The first-order valence-corrected chi connectivity index (χ1v) is 6.56. The van der Waals surface area contributed by atoms with Crippen LogP contribution in [0.3, 0.4) is 0 Å². The lowest BCUT2D eigenvalue weighted by molar-refractivity contribution is 0.0976. The van der Waals surface area contributed by atoms with Crippen molar-refractivity contribution in [3.8, 4) is 0 Å². The summed E-state index contributed by atoms with van der Waals surface area (Å²) in [5.41, 5.74) is 0. The molecule has 0 aromatic carbocycles. The Morgan fingerprint density at radius 3 is 2.73 bits per heavy atom. The van der Waals surface area contributed by atoms with Crippen molar-refractivity contribution < 1.29 is 4.74 Å². The second kappa shape index (κ2) is 7.24. The van der Waals surface area contributed by atoms with Crippen molar-refractivity contribution in [2.45, 2.75) is 64.5 Å². The molecule has 15 heavy (non-hydrogen) atoms. The maximum Gasteiger partial charge on any atom is 0.0576 e. The van der Waals surface area contributed by atoms with Gasteiger partial charge in [0.2, 0.25) is 0 Å². The molecule has 3 unspecified atom stereocenters. The Bertz CT molecular complexity index is 155. The van der Waals surface area contributed by atoms with E-state index in [2.05, 4.69) is 26.2 Å². The van der Waals surface area contributed by atoms with Gasteiger partial charge in [0.25, 0.3) is 0 Å². The SMILES string of the molecule is CCCC(C)C(CCC1CCCO1)NC. The monoisotopic (exact) mass is 213 g/mol. The van der Waals surface area contributed by atoms with Crippen molar-refractivity contribution in [3.63, 3.8) is 0 Å². The molecule has 1 aliphatic heterocycles. The van der Waals surface area contributed by atoms with Crippen molar-refractivity contribution in [2.24, 2.45) is 5.92 Å². The van der Waals surface area contributed by atoms with Crippen LogP contribution in [0.4, 0.5) is 0 Å². The number of rotatable bonds is 7. The fourth-order valence-electron chi connectivity index (χ4n) is 2.61. The van der Waals surface area contributed by atoms with E-state index < -0.39 is 0 Å². The Morgan fingerprint density at radius 2 is 2.20 bits per heavy atom. The quantitative estimate of drug-likeness (QED) is 0.702. The minimum absolute atomic E-state index is 0.551. The predicted molar refractivity (Wildman–Crippen MR) is 65.1 cm³/mol. The van der Waals surface area contributed by atoms with E-state index in [0.29, 0.717) is 12.1 Å². The molecule has 1 rings (SSSR count). The van der Waals surface area contributed by atoms with E-state index in [4.69, 9.17) is 4.74 Å². The molecular formula is C13H27NO. The van der Waals surface area contributed by atoms with Crippen LogP contribution in [0.2, 0.25) is 0 Å². The summed E-state index contributed by atoms with van der Waals surface area (Å²) >= 11 is 0. The highest BCUT2D eigenvalue weighted by atomic mass is 16.5. The topological polar surface area (TPSA) is 21.3 Å². The lowest BCUT2D eigenvalue weighted by Crippen LogP contribution is -2.32. The van der Waals surface area contributed by atoms with Gasteiger partial charge < -0.3 is 10.1 Å². The van der Waals surface area contributed by atoms with Crippen LogP contribution in [0.25, 0.3) is 0 Å². The third-order valence-corrected chi connectivity index (χ3v) is 3.63. The van der Waals surface area contributed by atoms with Gasteiger partial charge in [0.05, 0.1) is 6.10 Å². The van der Waals surface area contributed by atoms with E-state index in [1.807, 2.05) is 0 Å². The average Bonchev–Trinajstić information content (AvgIpc) is 2.72. The van der Waals surface area contributed by atoms with Gasteiger partial charge in [-0.3, -0.25) is 0 Å². The zero-order valence-corrected chi connectivity index (χ0v) is 10.6. The molecule has 0 spiro atoms. The first kappa shape index (κ1) is 13.0. The highest BCUT2D eigenvalue weighted by Crippen LogP contribution is 2.21. The minimum atomic E-state index is 0.551. The smallest absolute Gasteiger partial charge is 0.0576 e. The van der Waals surface area contributed by atoms with Crippen LogP contribution in [0.1, 0.15) is 52.4 Å². The van der Waals surface area contributed by atoms with Crippen molar-refractivity contribution in [1.82, 2.24) is 5.32 Å². The molecule has 2 heteroatoms. The first-order valence-electron chi connectivity index (χ1n) is 6.56. The van der Waals surface area contributed by atoms with Gasteiger partial charge in [0.1, 0.15) is 0 Å². The van der Waals surface area contributed by atoms with Crippen LogP contribution >= 0.6 is 0 Å². The van der Waals surface area contributed by atoms with Crippen LogP contribution < -0.4 is 5.32 Å². The lowest BCUT2D eigenvalue weighted by atomic mass is 9.92. The molecule has 1 aliphatic rings. The van der Waals surface area contributed by atoms with Gasteiger partial charge in [-0.05, 0) is 45.1 Å². The van der Waals surface area contributed by atoms with Crippen LogP contribution in [0.15, 0.2) is 0 Å². The molecule has 0 bridgehead atoms. The Hall–Kier alpha value is -0.0800.